The zero-order valence-corrected chi connectivity index (χ0v) is 13.3. The molecule has 2 aromatic rings. The first-order valence-corrected chi connectivity index (χ1v) is 7.73. The Morgan fingerprint density at radius 2 is 2.10 bits per heavy atom. The number of nitrogens with zero attached hydrogens (tertiary/aromatic N) is 2. The first kappa shape index (κ1) is 15.1. The van der Waals surface area contributed by atoms with Crippen LogP contribution in [0.5, 0.6) is 0 Å². The van der Waals surface area contributed by atoms with Crippen molar-refractivity contribution in [1.29, 1.82) is 0 Å². The highest BCUT2D eigenvalue weighted by Crippen LogP contribution is 2.26. The number of aromatic nitrogens is 3. The number of benzene rings is 1. The molecule has 0 aliphatic heterocycles. The number of aromatic amines is 1. The van der Waals surface area contributed by atoms with E-state index in [0.717, 1.165) is 24.1 Å². The quantitative estimate of drug-likeness (QED) is 0.857. The predicted octanol–water partition coefficient (Wildman–Crippen LogP) is 3.32. The van der Waals surface area contributed by atoms with Gasteiger partial charge in [-0.15, -0.1) is 5.10 Å². The zero-order chi connectivity index (χ0) is 14.5. The fourth-order valence-corrected chi connectivity index (χ4v) is 2.76. The van der Waals surface area contributed by atoms with Gasteiger partial charge in [0.1, 0.15) is 5.82 Å². The fourth-order valence-electron chi connectivity index (χ4n) is 1.90. The van der Waals surface area contributed by atoms with Gasteiger partial charge in [0, 0.05) is 11.4 Å². The topological polar surface area (TPSA) is 53.6 Å². The van der Waals surface area contributed by atoms with Crippen LogP contribution in [0.25, 0.3) is 0 Å². The van der Waals surface area contributed by atoms with Crippen LogP contribution in [0, 0.1) is 19.8 Å². The van der Waals surface area contributed by atoms with E-state index < -0.39 is 0 Å². The molecule has 5 heteroatoms. The third-order valence-corrected chi connectivity index (χ3v) is 3.82. The minimum Gasteiger partial charge on any atom is -0.312 e. The maximum absolute atomic E-state index is 4.31. The molecular formula is C15H22N4S. The van der Waals surface area contributed by atoms with Crippen molar-refractivity contribution >= 4 is 11.8 Å². The van der Waals surface area contributed by atoms with Crippen molar-refractivity contribution in [3.63, 3.8) is 0 Å². The molecule has 4 nitrogen and oxygen atoms in total. The van der Waals surface area contributed by atoms with E-state index in [-0.39, 0.29) is 0 Å². The molecule has 0 amide bonds. The molecule has 1 heterocycles. The molecule has 1 aromatic carbocycles. The Morgan fingerprint density at radius 3 is 2.70 bits per heavy atom. The Hall–Kier alpha value is -1.33. The zero-order valence-electron chi connectivity index (χ0n) is 12.5. The smallest absolute Gasteiger partial charge is 0.213 e. The van der Waals surface area contributed by atoms with Crippen LogP contribution < -0.4 is 5.32 Å². The van der Waals surface area contributed by atoms with E-state index in [1.807, 2.05) is 6.92 Å². The summed E-state index contributed by atoms with van der Waals surface area (Å²) in [6, 6.07) is 6.52. The monoisotopic (exact) mass is 290 g/mol. The maximum Gasteiger partial charge on any atom is 0.213 e. The number of H-pyrrole nitrogens is 1. The second kappa shape index (κ2) is 6.90. The van der Waals surface area contributed by atoms with Crippen LogP contribution in [-0.2, 0) is 6.54 Å². The summed E-state index contributed by atoms with van der Waals surface area (Å²) in [6.45, 7) is 10.5. The SMILES string of the molecule is Cc1nc(Sc2ccc(CNCC(C)C)c(C)c2)n[nH]1. The van der Waals surface area contributed by atoms with Crippen LogP contribution in [0.3, 0.4) is 0 Å². The van der Waals surface area contributed by atoms with Gasteiger partial charge in [0.05, 0.1) is 0 Å². The van der Waals surface area contributed by atoms with Gasteiger partial charge in [0.15, 0.2) is 0 Å². The van der Waals surface area contributed by atoms with Crippen molar-refractivity contribution in [3.8, 4) is 0 Å². The summed E-state index contributed by atoms with van der Waals surface area (Å²) in [6.07, 6.45) is 0. The lowest BCUT2D eigenvalue weighted by Crippen LogP contribution is -2.19. The summed E-state index contributed by atoms with van der Waals surface area (Å²) < 4.78 is 0. The molecule has 0 aliphatic carbocycles. The van der Waals surface area contributed by atoms with Crippen molar-refractivity contribution in [1.82, 2.24) is 20.5 Å². The molecular weight excluding hydrogens is 268 g/mol. The number of aryl methyl sites for hydroxylation is 2. The minimum absolute atomic E-state index is 0.680. The second-order valence-electron chi connectivity index (χ2n) is 5.42. The molecule has 20 heavy (non-hydrogen) atoms. The van der Waals surface area contributed by atoms with Crippen molar-refractivity contribution in [3.05, 3.63) is 35.2 Å². The number of hydrogen-bond acceptors (Lipinski definition) is 4. The normalized spacial score (nSPS) is 11.2. The second-order valence-corrected chi connectivity index (χ2v) is 6.46. The van der Waals surface area contributed by atoms with Crippen molar-refractivity contribution in [2.45, 2.75) is 44.3 Å². The molecule has 0 atom stereocenters. The molecule has 0 radical (unpaired) electrons. The molecule has 0 bridgehead atoms. The van der Waals surface area contributed by atoms with Crippen molar-refractivity contribution < 1.29 is 0 Å². The Kier molecular flexibility index (Phi) is 5.20. The first-order chi connectivity index (χ1) is 9.54. The van der Waals surface area contributed by atoms with E-state index in [1.54, 1.807) is 11.8 Å². The summed E-state index contributed by atoms with van der Waals surface area (Å²) in [5.41, 5.74) is 2.65. The van der Waals surface area contributed by atoms with Gasteiger partial charge in [-0.25, -0.2) is 4.98 Å². The standard InChI is InChI=1S/C15H22N4S/c1-10(2)8-16-9-13-5-6-14(7-11(13)3)20-15-17-12(4)18-19-15/h5-7,10,16H,8-9H2,1-4H3,(H,17,18,19). The molecule has 0 fully saturated rings. The van der Waals surface area contributed by atoms with E-state index in [4.69, 9.17) is 0 Å². The average Bonchev–Trinajstić information content (AvgIpc) is 2.77. The Balaban J connectivity index is 1.98. The molecule has 1 aromatic heterocycles. The predicted molar refractivity (Wildman–Crippen MR) is 83.0 cm³/mol. The molecule has 2 rings (SSSR count). The van der Waals surface area contributed by atoms with E-state index in [0.29, 0.717) is 5.92 Å². The fraction of sp³-hybridized carbons (Fsp3) is 0.467. The van der Waals surface area contributed by atoms with Crippen LogP contribution >= 0.6 is 11.8 Å². The summed E-state index contributed by atoms with van der Waals surface area (Å²) in [7, 11) is 0. The van der Waals surface area contributed by atoms with Gasteiger partial charge in [-0.1, -0.05) is 19.9 Å². The number of hydrogen-bond donors (Lipinski definition) is 2. The van der Waals surface area contributed by atoms with Crippen molar-refractivity contribution in [2.24, 2.45) is 5.92 Å². The Morgan fingerprint density at radius 1 is 1.30 bits per heavy atom. The van der Waals surface area contributed by atoms with Crippen LogP contribution in [0.1, 0.15) is 30.8 Å². The first-order valence-electron chi connectivity index (χ1n) is 6.91. The average molecular weight is 290 g/mol. The van der Waals surface area contributed by atoms with Gasteiger partial charge in [-0.3, -0.25) is 5.10 Å². The number of rotatable bonds is 6. The Bertz CT molecular complexity index is 563. The van der Waals surface area contributed by atoms with E-state index in [9.17, 15) is 0 Å². The number of nitrogens with one attached hydrogen (secondary N) is 2. The summed E-state index contributed by atoms with van der Waals surface area (Å²) in [5, 5.41) is 11.3. The molecule has 0 aliphatic rings. The Labute approximate surface area is 124 Å². The van der Waals surface area contributed by atoms with E-state index in [1.165, 1.54) is 16.0 Å². The largest absolute Gasteiger partial charge is 0.312 e. The van der Waals surface area contributed by atoms with Gasteiger partial charge in [-0.2, -0.15) is 0 Å². The van der Waals surface area contributed by atoms with E-state index >= 15 is 0 Å². The van der Waals surface area contributed by atoms with Crippen molar-refractivity contribution in [2.75, 3.05) is 6.54 Å². The third-order valence-electron chi connectivity index (χ3n) is 2.97. The summed E-state index contributed by atoms with van der Waals surface area (Å²) in [5.74, 6) is 1.53. The van der Waals surface area contributed by atoms with Gasteiger partial charge in [-0.05, 0) is 61.3 Å². The minimum atomic E-state index is 0.680. The highest BCUT2D eigenvalue weighted by Gasteiger charge is 2.05. The maximum atomic E-state index is 4.31. The molecule has 0 saturated heterocycles. The molecule has 108 valence electrons. The van der Waals surface area contributed by atoms with Gasteiger partial charge in [0.25, 0.3) is 0 Å². The highest BCUT2D eigenvalue weighted by atomic mass is 32.2. The van der Waals surface area contributed by atoms with Crippen LogP contribution in [0.2, 0.25) is 0 Å². The summed E-state index contributed by atoms with van der Waals surface area (Å²) in [4.78, 5) is 5.49. The lowest BCUT2D eigenvalue weighted by molar-refractivity contribution is 0.551. The van der Waals surface area contributed by atoms with E-state index in [2.05, 4.69) is 59.5 Å². The van der Waals surface area contributed by atoms with Gasteiger partial charge < -0.3 is 5.32 Å². The molecule has 0 spiro atoms. The molecule has 0 saturated carbocycles. The lowest BCUT2D eigenvalue weighted by Gasteiger charge is -2.10. The summed E-state index contributed by atoms with van der Waals surface area (Å²) >= 11 is 1.59. The van der Waals surface area contributed by atoms with Gasteiger partial charge in [0.2, 0.25) is 5.16 Å². The molecule has 2 N–H and O–H groups in total. The van der Waals surface area contributed by atoms with Gasteiger partial charge >= 0.3 is 0 Å². The molecule has 0 unspecified atom stereocenters. The van der Waals surface area contributed by atoms with Crippen LogP contribution in [0.15, 0.2) is 28.3 Å². The third kappa shape index (κ3) is 4.35. The highest BCUT2D eigenvalue weighted by molar-refractivity contribution is 7.99. The van der Waals surface area contributed by atoms with Crippen LogP contribution in [-0.4, -0.2) is 21.7 Å². The van der Waals surface area contributed by atoms with Crippen LogP contribution in [0.4, 0.5) is 0 Å². The lowest BCUT2D eigenvalue weighted by atomic mass is 10.1.